The van der Waals surface area contributed by atoms with E-state index in [9.17, 15) is 14.4 Å². The van der Waals surface area contributed by atoms with Crippen molar-refractivity contribution in [2.75, 3.05) is 19.8 Å². The van der Waals surface area contributed by atoms with Crippen molar-refractivity contribution in [1.29, 1.82) is 0 Å². The molecule has 182 valence electrons. The Morgan fingerprint density at radius 3 is 2.18 bits per heavy atom. The summed E-state index contributed by atoms with van der Waals surface area (Å²) in [7, 11) is 0. The van der Waals surface area contributed by atoms with Crippen LogP contribution >= 0.6 is 0 Å². The van der Waals surface area contributed by atoms with E-state index in [1.165, 1.54) is 11.1 Å². The van der Waals surface area contributed by atoms with Crippen molar-refractivity contribution in [1.82, 2.24) is 10.6 Å². The molecule has 3 rings (SSSR count). The molecule has 0 saturated carbocycles. The minimum absolute atomic E-state index is 0.00796. The van der Waals surface area contributed by atoms with Gasteiger partial charge in [-0.25, -0.2) is 9.59 Å². The van der Waals surface area contributed by atoms with Crippen molar-refractivity contribution in [3.05, 3.63) is 59.7 Å². The molecule has 2 amide bonds. The van der Waals surface area contributed by atoms with E-state index in [1.807, 2.05) is 31.2 Å². The molecule has 2 aromatic rings. The fourth-order valence-electron chi connectivity index (χ4n) is 4.37. The predicted octanol–water partition coefficient (Wildman–Crippen LogP) is 3.28. The number of carbonyl (C=O) groups is 3. The molecule has 1 aliphatic rings. The monoisotopic (exact) mass is 468 g/mol. The zero-order chi connectivity index (χ0) is 24.5. The zero-order valence-electron chi connectivity index (χ0n) is 19.3. The SMILES string of the molecule is CCC(CCNC(=O)OCC1c2ccccc2-c2ccccc21)CCC(=O)NC(CO)C(=O)O. The topological polar surface area (TPSA) is 125 Å². The summed E-state index contributed by atoms with van der Waals surface area (Å²) < 4.78 is 5.54. The molecule has 2 atom stereocenters. The number of aliphatic hydroxyl groups excluding tert-OH is 1. The Kier molecular flexibility index (Phi) is 9.04. The van der Waals surface area contributed by atoms with E-state index in [0.717, 1.165) is 17.5 Å². The molecular formula is C26H32N2O6. The van der Waals surface area contributed by atoms with E-state index < -0.39 is 30.6 Å². The first-order chi connectivity index (χ1) is 16.4. The molecule has 2 unspecified atom stereocenters. The number of amides is 2. The average Bonchev–Trinajstić information content (AvgIpc) is 3.16. The van der Waals surface area contributed by atoms with Gasteiger partial charge < -0.3 is 25.6 Å². The zero-order valence-corrected chi connectivity index (χ0v) is 19.3. The summed E-state index contributed by atoms with van der Waals surface area (Å²) in [5, 5.41) is 23.0. The van der Waals surface area contributed by atoms with Gasteiger partial charge >= 0.3 is 12.1 Å². The number of fused-ring (bicyclic) bond motifs is 3. The van der Waals surface area contributed by atoms with E-state index in [0.29, 0.717) is 19.4 Å². The van der Waals surface area contributed by atoms with Crippen molar-refractivity contribution < 1.29 is 29.3 Å². The quantitative estimate of drug-likeness (QED) is 0.379. The molecule has 34 heavy (non-hydrogen) atoms. The summed E-state index contributed by atoms with van der Waals surface area (Å²) >= 11 is 0. The van der Waals surface area contributed by atoms with Crippen LogP contribution in [0.5, 0.6) is 0 Å². The highest BCUT2D eigenvalue weighted by Crippen LogP contribution is 2.44. The van der Waals surface area contributed by atoms with Crippen LogP contribution < -0.4 is 10.6 Å². The van der Waals surface area contributed by atoms with Crippen LogP contribution in [0.15, 0.2) is 48.5 Å². The van der Waals surface area contributed by atoms with Crippen LogP contribution in [-0.2, 0) is 14.3 Å². The molecule has 0 aromatic heterocycles. The van der Waals surface area contributed by atoms with Gasteiger partial charge in [-0.1, -0.05) is 61.9 Å². The molecule has 0 radical (unpaired) electrons. The van der Waals surface area contributed by atoms with E-state index >= 15 is 0 Å². The van der Waals surface area contributed by atoms with Crippen LogP contribution in [0.4, 0.5) is 4.79 Å². The van der Waals surface area contributed by atoms with Gasteiger partial charge in [0, 0.05) is 18.9 Å². The van der Waals surface area contributed by atoms with Gasteiger partial charge in [-0.05, 0) is 41.0 Å². The molecule has 8 heteroatoms. The first-order valence-electron chi connectivity index (χ1n) is 11.7. The van der Waals surface area contributed by atoms with Crippen molar-refractivity contribution >= 4 is 18.0 Å². The van der Waals surface area contributed by atoms with Gasteiger partial charge in [0.1, 0.15) is 12.6 Å². The van der Waals surface area contributed by atoms with Crippen molar-refractivity contribution in [2.24, 2.45) is 5.92 Å². The number of benzene rings is 2. The lowest BCUT2D eigenvalue weighted by molar-refractivity contribution is -0.143. The van der Waals surface area contributed by atoms with Gasteiger partial charge in [0.15, 0.2) is 0 Å². The number of rotatable bonds is 12. The molecule has 0 bridgehead atoms. The van der Waals surface area contributed by atoms with E-state index in [-0.39, 0.29) is 24.9 Å². The maximum absolute atomic E-state index is 12.3. The van der Waals surface area contributed by atoms with E-state index in [2.05, 4.69) is 34.9 Å². The summed E-state index contributed by atoms with van der Waals surface area (Å²) in [5.74, 6) is -1.48. The number of alkyl carbamates (subject to hydrolysis) is 1. The Morgan fingerprint density at radius 1 is 1.00 bits per heavy atom. The number of aliphatic carboxylic acids is 1. The van der Waals surface area contributed by atoms with E-state index in [4.69, 9.17) is 14.9 Å². The minimum Gasteiger partial charge on any atom is -0.480 e. The van der Waals surface area contributed by atoms with E-state index in [1.54, 1.807) is 0 Å². The number of hydrogen-bond acceptors (Lipinski definition) is 5. The third kappa shape index (κ3) is 6.35. The van der Waals surface area contributed by atoms with Gasteiger partial charge in [-0.2, -0.15) is 0 Å². The number of carbonyl (C=O) groups excluding carboxylic acids is 2. The molecule has 0 aliphatic heterocycles. The normalized spacial score (nSPS) is 13.9. The number of nitrogens with one attached hydrogen (secondary N) is 2. The van der Waals surface area contributed by atoms with Crippen LogP contribution in [0.2, 0.25) is 0 Å². The van der Waals surface area contributed by atoms with Gasteiger partial charge in [0.25, 0.3) is 0 Å². The van der Waals surface area contributed by atoms with Crippen molar-refractivity contribution in [3.63, 3.8) is 0 Å². The number of carboxylic acids is 1. The summed E-state index contributed by atoms with van der Waals surface area (Å²) in [6.45, 7) is 2.03. The molecule has 2 aromatic carbocycles. The molecule has 0 fully saturated rings. The van der Waals surface area contributed by atoms with Gasteiger partial charge in [-0.3, -0.25) is 4.79 Å². The molecular weight excluding hydrogens is 436 g/mol. The van der Waals surface area contributed by atoms with Crippen LogP contribution in [-0.4, -0.2) is 54.0 Å². The lowest BCUT2D eigenvalue weighted by Gasteiger charge is -2.17. The van der Waals surface area contributed by atoms with Crippen LogP contribution in [0.3, 0.4) is 0 Å². The predicted molar refractivity (Wildman–Crippen MR) is 127 cm³/mol. The average molecular weight is 469 g/mol. The highest BCUT2D eigenvalue weighted by molar-refractivity contribution is 5.83. The Balaban J connectivity index is 1.41. The van der Waals surface area contributed by atoms with Crippen LogP contribution in [0.1, 0.15) is 49.7 Å². The van der Waals surface area contributed by atoms with Crippen molar-refractivity contribution in [2.45, 2.75) is 44.6 Å². The second-order valence-electron chi connectivity index (χ2n) is 8.49. The third-order valence-electron chi connectivity index (χ3n) is 6.34. The Hall–Kier alpha value is -3.39. The third-order valence-corrected chi connectivity index (χ3v) is 6.34. The fourth-order valence-corrected chi connectivity index (χ4v) is 4.37. The summed E-state index contributed by atoms with van der Waals surface area (Å²) in [5.41, 5.74) is 4.67. The number of carboxylic acid groups (broad SMARTS) is 1. The molecule has 1 aliphatic carbocycles. The largest absolute Gasteiger partial charge is 0.480 e. The maximum Gasteiger partial charge on any atom is 0.407 e. The number of hydrogen-bond donors (Lipinski definition) is 4. The Morgan fingerprint density at radius 2 is 1.62 bits per heavy atom. The lowest BCUT2D eigenvalue weighted by atomic mass is 9.96. The standard InChI is InChI=1S/C26H32N2O6/c1-2-17(11-12-24(30)28-23(15-29)25(31)32)13-14-27-26(33)34-16-22-20-9-5-3-7-18(20)19-8-4-6-10-21(19)22/h3-10,17,22-23,29H,2,11-16H2,1H3,(H,27,33)(H,28,30)(H,31,32). The first-order valence-corrected chi connectivity index (χ1v) is 11.7. The van der Waals surface area contributed by atoms with Crippen LogP contribution in [0, 0.1) is 5.92 Å². The number of ether oxygens (including phenoxy) is 1. The summed E-state index contributed by atoms with van der Waals surface area (Å²) in [4.78, 5) is 35.1. The highest BCUT2D eigenvalue weighted by Gasteiger charge is 2.29. The Bertz CT molecular complexity index is 963. The van der Waals surface area contributed by atoms with Gasteiger partial charge in [0.05, 0.1) is 6.61 Å². The molecule has 0 spiro atoms. The smallest absolute Gasteiger partial charge is 0.407 e. The van der Waals surface area contributed by atoms with Gasteiger partial charge in [-0.15, -0.1) is 0 Å². The minimum atomic E-state index is -1.29. The molecule has 0 heterocycles. The van der Waals surface area contributed by atoms with Crippen molar-refractivity contribution in [3.8, 4) is 11.1 Å². The fraction of sp³-hybridized carbons (Fsp3) is 0.423. The second-order valence-corrected chi connectivity index (χ2v) is 8.49. The van der Waals surface area contributed by atoms with Crippen LogP contribution in [0.25, 0.3) is 11.1 Å². The molecule has 8 nitrogen and oxygen atoms in total. The number of aliphatic hydroxyl groups is 1. The summed E-state index contributed by atoms with van der Waals surface area (Å²) in [6.07, 6.45) is 1.75. The lowest BCUT2D eigenvalue weighted by Crippen LogP contribution is -2.43. The molecule has 0 saturated heterocycles. The Labute approximate surface area is 199 Å². The molecule has 4 N–H and O–H groups in total. The summed E-state index contributed by atoms with van der Waals surface area (Å²) in [6, 6.07) is 15.0. The second kappa shape index (κ2) is 12.2. The van der Waals surface area contributed by atoms with Gasteiger partial charge in [0.2, 0.25) is 5.91 Å². The first kappa shape index (κ1) is 25.2. The highest BCUT2D eigenvalue weighted by atomic mass is 16.5. The maximum atomic E-state index is 12.3.